The number of likely N-dealkylation sites (tertiary alicyclic amines) is 1. The van der Waals surface area contributed by atoms with E-state index in [4.69, 9.17) is 0 Å². The number of amides is 2. The topological polar surface area (TPSA) is 64.6 Å². The number of carbonyl (C=O) groups excluding carboxylic acids is 1. The van der Waals surface area contributed by atoms with Crippen molar-refractivity contribution in [3.05, 3.63) is 30.1 Å². The van der Waals surface area contributed by atoms with Crippen LogP contribution in [0.5, 0.6) is 0 Å². The largest absolute Gasteiger partial charge is 0.390 e. The Morgan fingerprint density at radius 1 is 1.36 bits per heavy atom. The average molecular weight is 309 g/mol. The van der Waals surface area contributed by atoms with Crippen LogP contribution in [0, 0.1) is 11.7 Å². The summed E-state index contributed by atoms with van der Waals surface area (Å²) in [6.45, 7) is 5.01. The van der Waals surface area contributed by atoms with Gasteiger partial charge in [-0.1, -0.05) is 6.92 Å². The summed E-state index contributed by atoms with van der Waals surface area (Å²) in [7, 11) is 0. The number of anilines is 1. The summed E-state index contributed by atoms with van der Waals surface area (Å²) in [5.41, 5.74) is 0.512. The van der Waals surface area contributed by atoms with Crippen LogP contribution in [-0.2, 0) is 0 Å². The minimum atomic E-state index is -0.590. The molecule has 0 radical (unpaired) electrons. The fraction of sp³-hybridized carbons (Fsp3) is 0.562. The highest BCUT2D eigenvalue weighted by atomic mass is 19.1. The number of urea groups is 1. The van der Waals surface area contributed by atoms with Gasteiger partial charge in [-0.3, -0.25) is 0 Å². The molecule has 122 valence electrons. The van der Waals surface area contributed by atoms with Crippen LogP contribution in [0.25, 0.3) is 0 Å². The zero-order valence-corrected chi connectivity index (χ0v) is 12.9. The number of nitrogens with one attached hydrogen (secondary N) is 2. The summed E-state index contributed by atoms with van der Waals surface area (Å²) < 4.78 is 12.8. The third kappa shape index (κ3) is 5.61. The minimum absolute atomic E-state index is 0.194. The van der Waals surface area contributed by atoms with Crippen molar-refractivity contribution in [3.8, 4) is 0 Å². The Bertz CT molecular complexity index is 473. The molecule has 22 heavy (non-hydrogen) atoms. The normalized spacial score (nSPS) is 18.0. The van der Waals surface area contributed by atoms with Gasteiger partial charge in [0.05, 0.1) is 6.10 Å². The molecule has 2 rings (SSSR count). The molecule has 1 aromatic rings. The number of rotatable bonds is 5. The van der Waals surface area contributed by atoms with Gasteiger partial charge in [-0.2, -0.15) is 0 Å². The van der Waals surface area contributed by atoms with E-state index in [1.165, 1.54) is 24.3 Å². The summed E-state index contributed by atoms with van der Waals surface area (Å²) in [6.07, 6.45) is 1.73. The van der Waals surface area contributed by atoms with Crippen molar-refractivity contribution in [1.82, 2.24) is 10.2 Å². The second-order valence-electron chi connectivity index (χ2n) is 5.98. The molecular formula is C16H24FN3O2. The predicted molar refractivity (Wildman–Crippen MR) is 84.3 cm³/mol. The maximum absolute atomic E-state index is 12.8. The van der Waals surface area contributed by atoms with E-state index in [0.717, 1.165) is 31.8 Å². The van der Waals surface area contributed by atoms with Crippen LogP contribution in [0.4, 0.5) is 14.9 Å². The van der Waals surface area contributed by atoms with Gasteiger partial charge in [0, 0.05) is 18.8 Å². The van der Waals surface area contributed by atoms with Crippen LogP contribution in [0.1, 0.15) is 19.8 Å². The van der Waals surface area contributed by atoms with Gasteiger partial charge in [0.25, 0.3) is 0 Å². The van der Waals surface area contributed by atoms with Gasteiger partial charge in [-0.25, -0.2) is 9.18 Å². The quantitative estimate of drug-likeness (QED) is 0.780. The number of benzene rings is 1. The lowest BCUT2D eigenvalue weighted by Crippen LogP contribution is -2.43. The van der Waals surface area contributed by atoms with E-state index < -0.39 is 12.1 Å². The van der Waals surface area contributed by atoms with Crippen LogP contribution in [-0.4, -0.2) is 48.3 Å². The first kappa shape index (κ1) is 16.7. The Morgan fingerprint density at radius 2 is 2.00 bits per heavy atom. The van der Waals surface area contributed by atoms with Crippen LogP contribution in [0.3, 0.4) is 0 Å². The van der Waals surface area contributed by atoms with Crippen molar-refractivity contribution in [2.24, 2.45) is 5.92 Å². The molecule has 5 nitrogen and oxygen atoms in total. The van der Waals surface area contributed by atoms with E-state index in [2.05, 4.69) is 22.5 Å². The first-order valence-corrected chi connectivity index (χ1v) is 7.74. The highest BCUT2D eigenvalue weighted by molar-refractivity contribution is 5.89. The highest BCUT2D eigenvalue weighted by Gasteiger charge is 2.18. The minimum Gasteiger partial charge on any atom is -0.390 e. The molecule has 1 aliphatic rings. The van der Waals surface area contributed by atoms with Crippen molar-refractivity contribution in [2.45, 2.75) is 25.9 Å². The summed E-state index contributed by atoms with van der Waals surface area (Å²) in [5.74, 6) is 0.408. The van der Waals surface area contributed by atoms with Gasteiger partial charge in [0.15, 0.2) is 0 Å². The van der Waals surface area contributed by atoms with Gasteiger partial charge in [-0.05, 0) is 56.1 Å². The lowest BCUT2D eigenvalue weighted by atomic mass is 9.99. The Balaban J connectivity index is 1.66. The lowest BCUT2D eigenvalue weighted by molar-refractivity contribution is 0.0924. The Kier molecular flexibility index (Phi) is 6.15. The maximum Gasteiger partial charge on any atom is 0.319 e. The molecule has 0 aromatic heterocycles. The van der Waals surface area contributed by atoms with E-state index in [-0.39, 0.29) is 12.4 Å². The van der Waals surface area contributed by atoms with Crippen molar-refractivity contribution in [1.29, 1.82) is 0 Å². The number of hydrogen-bond acceptors (Lipinski definition) is 3. The number of aliphatic hydroxyl groups is 1. The Morgan fingerprint density at radius 3 is 2.64 bits per heavy atom. The zero-order chi connectivity index (χ0) is 15.9. The molecule has 3 N–H and O–H groups in total. The first-order valence-electron chi connectivity index (χ1n) is 7.74. The molecule has 0 saturated carbocycles. The molecule has 1 heterocycles. The monoisotopic (exact) mass is 309 g/mol. The second-order valence-corrected chi connectivity index (χ2v) is 5.98. The Labute approximate surface area is 130 Å². The molecule has 0 aliphatic carbocycles. The van der Waals surface area contributed by atoms with Crippen LogP contribution in [0.2, 0.25) is 0 Å². The van der Waals surface area contributed by atoms with Crippen molar-refractivity contribution in [2.75, 3.05) is 31.5 Å². The number of β-amino-alcohol motifs (C(OH)–C–C–N with tert-alkyl or cyclic N) is 1. The first-order chi connectivity index (χ1) is 10.5. The Hall–Kier alpha value is -1.66. The molecule has 2 amide bonds. The van der Waals surface area contributed by atoms with Crippen molar-refractivity contribution < 1.29 is 14.3 Å². The molecule has 1 saturated heterocycles. The number of nitrogens with zero attached hydrogens (tertiary/aromatic N) is 1. The molecule has 1 aliphatic heterocycles. The summed E-state index contributed by atoms with van der Waals surface area (Å²) in [5, 5.41) is 15.2. The van der Waals surface area contributed by atoms with E-state index >= 15 is 0 Å². The third-order valence-electron chi connectivity index (χ3n) is 3.95. The molecule has 1 unspecified atom stereocenters. The molecule has 0 bridgehead atoms. The molecular weight excluding hydrogens is 285 g/mol. The number of carbonyl (C=O) groups is 1. The van der Waals surface area contributed by atoms with Crippen LogP contribution >= 0.6 is 0 Å². The second kappa shape index (κ2) is 8.10. The van der Waals surface area contributed by atoms with E-state index in [1.54, 1.807) is 0 Å². The van der Waals surface area contributed by atoms with Gasteiger partial charge >= 0.3 is 6.03 Å². The third-order valence-corrected chi connectivity index (χ3v) is 3.95. The zero-order valence-electron chi connectivity index (χ0n) is 12.9. The van der Waals surface area contributed by atoms with E-state index in [1.807, 2.05) is 0 Å². The fourth-order valence-corrected chi connectivity index (χ4v) is 2.53. The van der Waals surface area contributed by atoms with Crippen LogP contribution < -0.4 is 10.6 Å². The maximum atomic E-state index is 12.8. The van der Waals surface area contributed by atoms with Gasteiger partial charge < -0.3 is 20.6 Å². The van der Waals surface area contributed by atoms with Gasteiger partial charge in [0.2, 0.25) is 0 Å². The highest BCUT2D eigenvalue weighted by Crippen LogP contribution is 2.15. The smallest absolute Gasteiger partial charge is 0.319 e. The average Bonchev–Trinajstić information content (AvgIpc) is 2.50. The SMILES string of the molecule is CC1CCN(CC(O)CNC(=O)Nc2ccc(F)cc2)CC1. The fourth-order valence-electron chi connectivity index (χ4n) is 2.53. The molecule has 0 spiro atoms. The van der Waals surface area contributed by atoms with Crippen molar-refractivity contribution in [3.63, 3.8) is 0 Å². The summed E-state index contributed by atoms with van der Waals surface area (Å²) >= 11 is 0. The number of aliphatic hydroxyl groups excluding tert-OH is 1. The number of piperidine rings is 1. The lowest BCUT2D eigenvalue weighted by Gasteiger charge is -2.31. The number of hydrogen-bond donors (Lipinski definition) is 3. The van der Waals surface area contributed by atoms with E-state index in [0.29, 0.717) is 12.2 Å². The van der Waals surface area contributed by atoms with E-state index in [9.17, 15) is 14.3 Å². The molecule has 6 heteroatoms. The summed E-state index contributed by atoms with van der Waals surface area (Å²) in [4.78, 5) is 13.9. The molecule has 1 fully saturated rings. The molecule has 1 aromatic carbocycles. The summed E-state index contributed by atoms with van der Waals surface area (Å²) in [6, 6.07) is 5.13. The molecule has 1 atom stereocenters. The van der Waals surface area contributed by atoms with Crippen LogP contribution in [0.15, 0.2) is 24.3 Å². The predicted octanol–water partition coefficient (Wildman–Crippen LogP) is 2.04. The number of halogens is 1. The van der Waals surface area contributed by atoms with Gasteiger partial charge in [0.1, 0.15) is 5.82 Å². The van der Waals surface area contributed by atoms with Crippen molar-refractivity contribution >= 4 is 11.7 Å². The van der Waals surface area contributed by atoms with Gasteiger partial charge in [-0.15, -0.1) is 0 Å². The standard InChI is InChI=1S/C16H24FN3O2/c1-12-6-8-20(9-7-12)11-15(21)10-18-16(22)19-14-4-2-13(17)3-5-14/h2-5,12,15,21H,6-11H2,1H3,(H2,18,19,22).